The van der Waals surface area contributed by atoms with Gasteiger partial charge in [0.05, 0.1) is 17.0 Å². The smallest absolute Gasteiger partial charge is 0.230 e. The first-order valence-corrected chi connectivity index (χ1v) is 8.55. The van der Waals surface area contributed by atoms with Crippen molar-refractivity contribution in [2.24, 2.45) is 0 Å². The molecule has 1 aromatic heterocycles. The molecule has 2 amide bonds. The summed E-state index contributed by atoms with van der Waals surface area (Å²) in [7, 11) is 1.68. The van der Waals surface area contributed by atoms with Gasteiger partial charge < -0.3 is 10.2 Å². The molecule has 0 spiro atoms. The van der Waals surface area contributed by atoms with Crippen LogP contribution in [-0.4, -0.2) is 33.7 Å². The van der Waals surface area contributed by atoms with Gasteiger partial charge in [0.2, 0.25) is 11.8 Å². The lowest BCUT2D eigenvalue weighted by Gasteiger charge is -2.28. The van der Waals surface area contributed by atoms with Crippen LogP contribution in [0.1, 0.15) is 23.5 Å². The van der Waals surface area contributed by atoms with Crippen molar-refractivity contribution in [1.29, 1.82) is 0 Å². The number of nitrogens with one attached hydrogen (secondary N) is 1. The molecule has 136 valence electrons. The SMILES string of the molecule is CN(Cc1ccc2nccnc2c1)C(=O)[C@@H]1CC(=O)Nc2ccc(F)cc21. The Morgan fingerprint density at radius 2 is 1.96 bits per heavy atom. The Morgan fingerprint density at radius 1 is 1.19 bits per heavy atom. The van der Waals surface area contributed by atoms with E-state index < -0.39 is 11.7 Å². The third kappa shape index (κ3) is 3.36. The number of benzene rings is 2. The average molecular weight is 364 g/mol. The lowest BCUT2D eigenvalue weighted by Crippen LogP contribution is -2.36. The third-order valence-electron chi connectivity index (χ3n) is 4.68. The van der Waals surface area contributed by atoms with E-state index in [-0.39, 0.29) is 18.2 Å². The summed E-state index contributed by atoms with van der Waals surface area (Å²) >= 11 is 0. The number of fused-ring (bicyclic) bond motifs is 2. The predicted octanol–water partition coefficient (Wildman–Crippen LogP) is 2.85. The monoisotopic (exact) mass is 364 g/mol. The van der Waals surface area contributed by atoms with Crippen LogP contribution in [0.4, 0.5) is 10.1 Å². The largest absolute Gasteiger partial charge is 0.341 e. The summed E-state index contributed by atoms with van der Waals surface area (Å²) in [6.07, 6.45) is 3.25. The molecule has 0 aliphatic carbocycles. The van der Waals surface area contributed by atoms with Crippen molar-refractivity contribution < 1.29 is 14.0 Å². The highest BCUT2D eigenvalue weighted by Gasteiger charge is 2.32. The number of nitrogens with zero attached hydrogens (tertiary/aromatic N) is 3. The topological polar surface area (TPSA) is 75.2 Å². The van der Waals surface area contributed by atoms with Gasteiger partial charge in [0.15, 0.2) is 0 Å². The van der Waals surface area contributed by atoms with Crippen molar-refractivity contribution in [3.8, 4) is 0 Å². The van der Waals surface area contributed by atoms with E-state index in [0.717, 1.165) is 16.6 Å². The lowest BCUT2D eigenvalue weighted by molar-refractivity contribution is -0.134. The Bertz CT molecular complexity index is 1050. The minimum absolute atomic E-state index is 0.00280. The summed E-state index contributed by atoms with van der Waals surface area (Å²) in [5.74, 6) is -1.61. The Kier molecular flexibility index (Phi) is 4.27. The first kappa shape index (κ1) is 17.1. The highest BCUT2D eigenvalue weighted by atomic mass is 19.1. The number of halogens is 1. The van der Waals surface area contributed by atoms with Crippen molar-refractivity contribution in [2.75, 3.05) is 12.4 Å². The normalized spacial score (nSPS) is 15.9. The van der Waals surface area contributed by atoms with Crippen LogP contribution in [0.2, 0.25) is 0 Å². The molecular weight excluding hydrogens is 347 g/mol. The van der Waals surface area contributed by atoms with E-state index >= 15 is 0 Å². The van der Waals surface area contributed by atoms with E-state index in [1.54, 1.807) is 24.3 Å². The first-order chi connectivity index (χ1) is 13.0. The summed E-state index contributed by atoms with van der Waals surface area (Å²) in [5.41, 5.74) is 3.43. The number of rotatable bonds is 3. The zero-order chi connectivity index (χ0) is 19.0. The maximum atomic E-state index is 13.7. The first-order valence-electron chi connectivity index (χ1n) is 8.55. The molecule has 0 saturated heterocycles. The fourth-order valence-electron chi connectivity index (χ4n) is 3.38. The molecule has 2 heterocycles. The average Bonchev–Trinajstić information content (AvgIpc) is 2.67. The van der Waals surface area contributed by atoms with E-state index in [1.807, 2.05) is 18.2 Å². The van der Waals surface area contributed by atoms with E-state index in [1.165, 1.54) is 18.2 Å². The third-order valence-corrected chi connectivity index (χ3v) is 4.68. The molecule has 0 fully saturated rings. The number of anilines is 1. The van der Waals surface area contributed by atoms with Crippen LogP contribution in [0.3, 0.4) is 0 Å². The number of aromatic nitrogens is 2. The molecular formula is C20H17FN4O2. The van der Waals surface area contributed by atoms with Gasteiger partial charge >= 0.3 is 0 Å². The summed E-state index contributed by atoms with van der Waals surface area (Å²) in [5, 5.41) is 2.69. The van der Waals surface area contributed by atoms with Gasteiger partial charge in [-0.2, -0.15) is 0 Å². The Hall–Kier alpha value is -3.35. The number of hydrogen-bond acceptors (Lipinski definition) is 4. The van der Waals surface area contributed by atoms with Crippen molar-refractivity contribution in [1.82, 2.24) is 14.9 Å². The summed E-state index contributed by atoms with van der Waals surface area (Å²) in [4.78, 5) is 35.0. The van der Waals surface area contributed by atoms with Gasteiger partial charge in [-0.15, -0.1) is 0 Å². The molecule has 1 atom stereocenters. The summed E-state index contributed by atoms with van der Waals surface area (Å²) in [6.45, 7) is 0.355. The highest BCUT2D eigenvalue weighted by molar-refractivity contribution is 6.01. The molecule has 2 aromatic carbocycles. The van der Waals surface area contributed by atoms with Crippen LogP contribution in [-0.2, 0) is 16.1 Å². The van der Waals surface area contributed by atoms with Gasteiger partial charge in [0, 0.05) is 38.1 Å². The summed E-state index contributed by atoms with van der Waals surface area (Å²) in [6, 6.07) is 9.70. The molecule has 3 aromatic rings. The highest BCUT2D eigenvalue weighted by Crippen LogP contribution is 2.34. The van der Waals surface area contributed by atoms with Crippen molar-refractivity contribution in [3.05, 3.63) is 65.7 Å². The Balaban J connectivity index is 1.58. The van der Waals surface area contributed by atoms with Crippen LogP contribution in [0.5, 0.6) is 0 Å². The van der Waals surface area contributed by atoms with Crippen molar-refractivity contribution in [3.63, 3.8) is 0 Å². The van der Waals surface area contributed by atoms with E-state index in [9.17, 15) is 14.0 Å². The Labute approximate surface area is 155 Å². The second kappa shape index (κ2) is 6.75. The second-order valence-corrected chi connectivity index (χ2v) is 6.61. The molecule has 0 saturated carbocycles. The summed E-state index contributed by atoms with van der Waals surface area (Å²) < 4.78 is 13.7. The van der Waals surface area contributed by atoms with Crippen LogP contribution in [0.25, 0.3) is 11.0 Å². The maximum absolute atomic E-state index is 13.7. The molecule has 4 rings (SSSR count). The molecule has 1 aliphatic rings. The fourth-order valence-corrected chi connectivity index (χ4v) is 3.38. The van der Waals surface area contributed by atoms with Gasteiger partial charge in [-0.25, -0.2) is 4.39 Å². The minimum atomic E-state index is -0.699. The maximum Gasteiger partial charge on any atom is 0.230 e. The van der Waals surface area contributed by atoms with E-state index in [2.05, 4.69) is 15.3 Å². The van der Waals surface area contributed by atoms with Crippen LogP contribution in [0.15, 0.2) is 48.8 Å². The molecule has 0 unspecified atom stereocenters. The molecule has 1 aliphatic heterocycles. The zero-order valence-electron chi connectivity index (χ0n) is 14.6. The molecule has 1 N–H and O–H groups in total. The fraction of sp³-hybridized carbons (Fsp3) is 0.200. The van der Waals surface area contributed by atoms with Crippen LogP contribution >= 0.6 is 0 Å². The molecule has 0 bridgehead atoms. The second-order valence-electron chi connectivity index (χ2n) is 6.61. The number of carbonyl (C=O) groups is 2. The minimum Gasteiger partial charge on any atom is -0.341 e. The standard InChI is InChI=1S/C20H17FN4O2/c1-25(11-12-2-4-17-18(8-12)23-7-6-22-17)20(27)15-10-19(26)24-16-5-3-13(21)9-14(15)16/h2-9,15H,10-11H2,1H3,(H,24,26)/t15-/m1/s1. The van der Waals surface area contributed by atoms with Crippen LogP contribution < -0.4 is 5.32 Å². The van der Waals surface area contributed by atoms with Crippen molar-refractivity contribution in [2.45, 2.75) is 18.9 Å². The van der Waals surface area contributed by atoms with Crippen LogP contribution in [0, 0.1) is 5.82 Å². The lowest BCUT2D eigenvalue weighted by atomic mass is 9.89. The van der Waals surface area contributed by atoms with Gasteiger partial charge in [-0.1, -0.05) is 6.07 Å². The van der Waals surface area contributed by atoms with Gasteiger partial charge in [0.25, 0.3) is 0 Å². The quantitative estimate of drug-likeness (QED) is 0.775. The van der Waals surface area contributed by atoms with Gasteiger partial charge in [-0.05, 0) is 41.5 Å². The van der Waals surface area contributed by atoms with Crippen molar-refractivity contribution >= 4 is 28.5 Å². The zero-order valence-corrected chi connectivity index (χ0v) is 14.6. The Morgan fingerprint density at radius 3 is 2.78 bits per heavy atom. The van der Waals surface area contributed by atoms with E-state index in [0.29, 0.717) is 17.8 Å². The molecule has 0 radical (unpaired) electrons. The molecule has 27 heavy (non-hydrogen) atoms. The van der Waals surface area contributed by atoms with Gasteiger partial charge in [0.1, 0.15) is 5.82 Å². The number of hydrogen-bond donors (Lipinski definition) is 1. The predicted molar refractivity (Wildman–Crippen MR) is 98.4 cm³/mol. The molecule has 7 heteroatoms. The number of carbonyl (C=O) groups excluding carboxylic acids is 2. The number of likely N-dealkylation sites (N-methyl/N-ethyl adjacent to an activating group) is 1. The molecule has 6 nitrogen and oxygen atoms in total. The van der Waals surface area contributed by atoms with E-state index in [4.69, 9.17) is 0 Å². The number of amides is 2. The van der Waals surface area contributed by atoms with Gasteiger partial charge in [-0.3, -0.25) is 19.6 Å².